The van der Waals surface area contributed by atoms with Gasteiger partial charge in [0.25, 0.3) is 0 Å². The van der Waals surface area contributed by atoms with Crippen LogP contribution in [0.25, 0.3) is 20.9 Å². The van der Waals surface area contributed by atoms with Crippen molar-refractivity contribution in [2.75, 3.05) is 6.54 Å². The molecule has 3 aromatic heterocycles. The van der Waals surface area contributed by atoms with Crippen LogP contribution in [0, 0.1) is 0 Å². The Morgan fingerprint density at radius 1 is 1.20 bits per heavy atom. The van der Waals surface area contributed by atoms with Crippen LogP contribution in [0.4, 0.5) is 0 Å². The van der Waals surface area contributed by atoms with Crippen LogP contribution in [-0.2, 0) is 6.54 Å². The first-order valence-electron chi connectivity index (χ1n) is 8.46. The monoisotopic (exact) mass is 367 g/mol. The third-order valence-electron chi connectivity index (χ3n) is 4.65. The van der Waals surface area contributed by atoms with Crippen LogP contribution < -0.4 is 0 Å². The molecule has 0 N–H and O–H groups in total. The van der Waals surface area contributed by atoms with Crippen molar-refractivity contribution in [2.45, 2.75) is 25.4 Å². The van der Waals surface area contributed by atoms with Gasteiger partial charge in [0.2, 0.25) is 0 Å². The maximum atomic E-state index is 5.53. The highest BCUT2D eigenvalue weighted by atomic mass is 32.1. The molecule has 1 atom stereocenters. The quantitative estimate of drug-likeness (QED) is 0.488. The van der Waals surface area contributed by atoms with Crippen molar-refractivity contribution in [3.63, 3.8) is 0 Å². The van der Waals surface area contributed by atoms with Crippen LogP contribution in [0.15, 0.2) is 52.4 Å². The van der Waals surface area contributed by atoms with Gasteiger partial charge in [-0.2, -0.15) is 0 Å². The van der Waals surface area contributed by atoms with Crippen LogP contribution in [-0.4, -0.2) is 21.6 Å². The summed E-state index contributed by atoms with van der Waals surface area (Å²) >= 11 is 3.49. The van der Waals surface area contributed by atoms with Crippen molar-refractivity contribution in [1.82, 2.24) is 15.0 Å². The molecule has 4 nitrogen and oxygen atoms in total. The fourth-order valence-electron chi connectivity index (χ4n) is 3.46. The van der Waals surface area contributed by atoms with Gasteiger partial charge in [-0.15, -0.1) is 22.7 Å². The molecule has 126 valence electrons. The Bertz CT molecular complexity index is 956. The minimum atomic E-state index is 0.388. The molecule has 1 aromatic carbocycles. The first kappa shape index (κ1) is 15.3. The highest BCUT2D eigenvalue weighted by Gasteiger charge is 2.29. The standard InChI is InChI=1S/C19H17N3OS2/c1-2-7-17-14(5-1)20-19(25-17)15-6-3-9-22(15)12-13-11-16(23-21-13)18-8-4-10-24-18/h1-2,4-5,7-8,10-11,15H,3,6,9,12H2. The van der Waals surface area contributed by atoms with Crippen molar-refractivity contribution < 1.29 is 4.52 Å². The molecule has 1 aliphatic rings. The van der Waals surface area contributed by atoms with E-state index in [1.807, 2.05) is 17.4 Å². The molecule has 25 heavy (non-hydrogen) atoms. The Hall–Kier alpha value is -2.02. The molecule has 1 saturated heterocycles. The van der Waals surface area contributed by atoms with E-state index in [2.05, 4.69) is 51.8 Å². The molecular formula is C19H17N3OS2. The number of benzene rings is 1. The highest BCUT2D eigenvalue weighted by molar-refractivity contribution is 7.18. The van der Waals surface area contributed by atoms with Gasteiger partial charge in [0.15, 0.2) is 5.76 Å². The number of fused-ring (bicyclic) bond motifs is 1. The summed E-state index contributed by atoms with van der Waals surface area (Å²) < 4.78 is 6.80. The summed E-state index contributed by atoms with van der Waals surface area (Å²) in [6, 6.07) is 14.9. The Kier molecular flexibility index (Phi) is 3.88. The third kappa shape index (κ3) is 2.90. The summed E-state index contributed by atoms with van der Waals surface area (Å²) in [5.41, 5.74) is 2.10. The lowest BCUT2D eigenvalue weighted by molar-refractivity contribution is 0.240. The number of likely N-dealkylation sites (tertiary alicyclic amines) is 1. The molecule has 0 amide bonds. The minimum Gasteiger partial charge on any atom is -0.355 e. The number of hydrogen-bond donors (Lipinski definition) is 0. The van der Waals surface area contributed by atoms with E-state index in [9.17, 15) is 0 Å². The van der Waals surface area contributed by atoms with Gasteiger partial charge in [0.05, 0.1) is 26.8 Å². The Morgan fingerprint density at radius 3 is 3.04 bits per heavy atom. The molecule has 0 radical (unpaired) electrons. The van der Waals surface area contributed by atoms with Gasteiger partial charge in [-0.3, -0.25) is 4.90 Å². The summed E-state index contributed by atoms with van der Waals surface area (Å²) in [5, 5.41) is 7.56. The highest BCUT2D eigenvalue weighted by Crippen LogP contribution is 2.37. The number of aromatic nitrogens is 2. The molecule has 4 aromatic rings. The van der Waals surface area contributed by atoms with E-state index in [0.717, 1.165) is 41.4 Å². The second kappa shape index (κ2) is 6.37. The Labute approximate surface area is 153 Å². The maximum absolute atomic E-state index is 5.53. The topological polar surface area (TPSA) is 42.2 Å². The zero-order valence-electron chi connectivity index (χ0n) is 13.6. The number of rotatable bonds is 4. The Morgan fingerprint density at radius 2 is 2.16 bits per heavy atom. The van der Waals surface area contributed by atoms with Gasteiger partial charge in [0.1, 0.15) is 5.01 Å². The summed E-state index contributed by atoms with van der Waals surface area (Å²) in [4.78, 5) is 8.47. The zero-order valence-corrected chi connectivity index (χ0v) is 15.2. The Balaban J connectivity index is 1.38. The summed E-state index contributed by atoms with van der Waals surface area (Å²) in [7, 11) is 0. The third-order valence-corrected chi connectivity index (χ3v) is 6.67. The second-order valence-electron chi connectivity index (χ2n) is 6.31. The van der Waals surface area contributed by atoms with Gasteiger partial charge < -0.3 is 4.52 Å². The molecule has 0 aliphatic carbocycles. The van der Waals surface area contributed by atoms with Gasteiger partial charge in [-0.05, 0) is 43.0 Å². The number of thiophene rings is 1. The first-order valence-corrected chi connectivity index (χ1v) is 10.2. The summed E-state index contributed by atoms with van der Waals surface area (Å²) in [6.07, 6.45) is 2.37. The molecule has 0 bridgehead atoms. The SMILES string of the molecule is c1csc(-c2cc(CN3CCCC3c3nc4ccccc4s3)no2)c1. The molecule has 6 heteroatoms. The van der Waals surface area contributed by atoms with Crippen molar-refractivity contribution in [2.24, 2.45) is 0 Å². The average molecular weight is 367 g/mol. The van der Waals surface area contributed by atoms with Crippen LogP contribution in [0.1, 0.15) is 29.6 Å². The molecule has 1 fully saturated rings. The zero-order chi connectivity index (χ0) is 16.6. The molecule has 1 aliphatic heterocycles. The smallest absolute Gasteiger partial charge is 0.177 e. The van der Waals surface area contributed by atoms with Crippen molar-refractivity contribution >= 4 is 32.9 Å². The largest absolute Gasteiger partial charge is 0.355 e. The fourth-order valence-corrected chi connectivity index (χ4v) is 5.27. The summed E-state index contributed by atoms with van der Waals surface area (Å²) in [5.74, 6) is 0.862. The maximum Gasteiger partial charge on any atom is 0.177 e. The lowest BCUT2D eigenvalue weighted by Gasteiger charge is -2.21. The molecule has 5 rings (SSSR count). The van der Waals surface area contributed by atoms with E-state index < -0.39 is 0 Å². The van der Waals surface area contributed by atoms with Crippen LogP contribution in [0.3, 0.4) is 0 Å². The van der Waals surface area contributed by atoms with E-state index in [-0.39, 0.29) is 0 Å². The number of nitrogens with zero attached hydrogens (tertiary/aromatic N) is 3. The molecule has 1 unspecified atom stereocenters. The van der Waals surface area contributed by atoms with Crippen LogP contribution in [0.5, 0.6) is 0 Å². The van der Waals surface area contributed by atoms with E-state index in [0.29, 0.717) is 6.04 Å². The minimum absolute atomic E-state index is 0.388. The second-order valence-corrected chi connectivity index (χ2v) is 8.32. The van der Waals surface area contributed by atoms with Gasteiger partial charge in [-0.25, -0.2) is 4.98 Å². The first-order chi connectivity index (χ1) is 12.4. The van der Waals surface area contributed by atoms with Gasteiger partial charge in [-0.1, -0.05) is 23.4 Å². The van der Waals surface area contributed by atoms with Gasteiger partial charge >= 0.3 is 0 Å². The van der Waals surface area contributed by atoms with E-state index in [4.69, 9.17) is 9.51 Å². The summed E-state index contributed by atoms with van der Waals surface area (Å²) in [6.45, 7) is 1.90. The lowest BCUT2D eigenvalue weighted by atomic mass is 10.2. The van der Waals surface area contributed by atoms with Crippen molar-refractivity contribution in [3.8, 4) is 10.6 Å². The molecule has 4 heterocycles. The van der Waals surface area contributed by atoms with E-state index >= 15 is 0 Å². The van der Waals surface area contributed by atoms with Gasteiger partial charge in [0, 0.05) is 12.6 Å². The number of para-hydroxylation sites is 1. The molecular weight excluding hydrogens is 350 g/mol. The molecule has 0 saturated carbocycles. The molecule has 0 spiro atoms. The predicted octanol–water partition coefficient (Wildman–Crippen LogP) is 5.35. The number of hydrogen-bond acceptors (Lipinski definition) is 6. The number of thiazole rings is 1. The fraction of sp³-hybridized carbons (Fsp3) is 0.263. The van der Waals surface area contributed by atoms with Crippen LogP contribution >= 0.6 is 22.7 Å². The van der Waals surface area contributed by atoms with Crippen LogP contribution in [0.2, 0.25) is 0 Å². The van der Waals surface area contributed by atoms with Crippen molar-refractivity contribution in [3.05, 3.63) is 58.5 Å². The normalized spacial score (nSPS) is 18.3. The predicted molar refractivity (Wildman–Crippen MR) is 102 cm³/mol. The van der Waals surface area contributed by atoms with E-state index in [1.54, 1.807) is 11.3 Å². The lowest BCUT2D eigenvalue weighted by Crippen LogP contribution is -2.22. The average Bonchev–Trinajstić information content (AvgIpc) is 3.41. The van der Waals surface area contributed by atoms with Crippen molar-refractivity contribution in [1.29, 1.82) is 0 Å². The van der Waals surface area contributed by atoms with E-state index in [1.165, 1.54) is 16.1 Å².